The van der Waals surface area contributed by atoms with Crippen LogP contribution in [0.25, 0.3) is 5.82 Å². The van der Waals surface area contributed by atoms with Crippen LogP contribution in [0.4, 0.5) is 5.69 Å². The fourth-order valence-electron chi connectivity index (χ4n) is 2.49. The second-order valence-corrected chi connectivity index (χ2v) is 5.52. The highest BCUT2D eigenvalue weighted by molar-refractivity contribution is 6.05. The second-order valence-electron chi connectivity index (χ2n) is 5.52. The van der Waals surface area contributed by atoms with Gasteiger partial charge in [-0.15, -0.1) is 0 Å². The first kappa shape index (κ1) is 15.0. The summed E-state index contributed by atoms with van der Waals surface area (Å²) in [6.45, 7) is 5.87. The highest BCUT2D eigenvalue weighted by Gasteiger charge is 2.16. The van der Waals surface area contributed by atoms with Crippen LogP contribution in [0.5, 0.6) is 0 Å². The predicted molar refractivity (Wildman–Crippen MR) is 90.0 cm³/mol. The number of carbonyl (C=O) groups is 1. The van der Waals surface area contributed by atoms with Crippen molar-refractivity contribution in [2.24, 2.45) is 0 Å². The number of anilines is 1. The van der Waals surface area contributed by atoms with Crippen molar-refractivity contribution in [3.05, 3.63) is 71.2 Å². The molecule has 1 aromatic carbocycles. The van der Waals surface area contributed by atoms with Gasteiger partial charge in [-0.2, -0.15) is 5.10 Å². The molecule has 0 aliphatic carbocycles. The van der Waals surface area contributed by atoms with E-state index in [1.807, 2.05) is 57.2 Å². The highest BCUT2D eigenvalue weighted by atomic mass is 16.1. The lowest BCUT2D eigenvalue weighted by Gasteiger charge is -2.09. The summed E-state index contributed by atoms with van der Waals surface area (Å²) < 4.78 is 1.66. The average molecular weight is 306 g/mol. The first-order valence-corrected chi connectivity index (χ1v) is 7.41. The lowest BCUT2D eigenvalue weighted by Crippen LogP contribution is -2.14. The van der Waals surface area contributed by atoms with Crippen LogP contribution in [0.2, 0.25) is 0 Å². The Hall–Kier alpha value is -2.95. The molecule has 0 aliphatic heterocycles. The number of aryl methyl sites for hydroxylation is 2. The standard InChI is InChI=1S/C18H18N4O/c1-12-7-8-16(13(2)10-12)21-18(23)15-11-20-22(14(15)3)17-6-4-5-9-19-17/h4-11H,1-3H3,(H,21,23). The maximum absolute atomic E-state index is 12.5. The number of aromatic nitrogens is 3. The highest BCUT2D eigenvalue weighted by Crippen LogP contribution is 2.19. The van der Waals surface area contributed by atoms with Crippen LogP contribution in [-0.2, 0) is 0 Å². The Balaban J connectivity index is 1.88. The Morgan fingerprint density at radius 3 is 2.65 bits per heavy atom. The van der Waals surface area contributed by atoms with E-state index in [1.54, 1.807) is 17.1 Å². The number of benzene rings is 1. The SMILES string of the molecule is Cc1ccc(NC(=O)c2cnn(-c3ccccn3)c2C)c(C)c1. The molecule has 0 fully saturated rings. The van der Waals surface area contributed by atoms with Gasteiger partial charge in [-0.05, 0) is 44.5 Å². The van der Waals surface area contributed by atoms with E-state index in [9.17, 15) is 4.79 Å². The third kappa shape index (κ3) is 2.99. The van der Waals surface area contributed by atoms with Gasteiger partial charge in [0, 0.05) is 11.9 Å². The monoisotopic (exact) mass is 306 g/mol. The molecule has 3 rings (SSSR count). The van der Waals surface area contributed by atoms with E-state index in [-0.39, 0.29) is 5.91 Å². The van der Waals surface area contributed by atoms with Gasteiger partial charge in [0.1, 0.15) is 0 Å². The first-order valence-electron chi connectivity index (χ1n) is 7.41. The molecule has 116 valence electrons. The van der Waals surface area contributed by atoms with Crippen LogP contribution in [-0.4, -0.2) is 20.7 Å². The van der Waals surface area contributed by atoms with Crippen molar-refractivity contribution < 1.29 is 4.79 Å². The minimum atomic E-state index is -0.170. The summed E-state index contributed by atoms with van der Waals surface area (Å²) in [4.78, 5) is 16.8. The summed E-state index contributed by atoms with van der Waals surface area (Å²) in [5, 5.41) is 7.23. The van der Waals surface area contributed by atoms with Gasteiger partial charge < -0.3 is 5.32 Å². The fraction of sp³-hybridized carbons (Fsp3) is 0.167. The molecule has 23 heavy (non-hydrogen) atoms. The van der Waals surface area contributed by atoms with Crippen molar-refractivity contribution in [2.45, 2.75) is 20.8 Å². The Morgan fingerprint density at radius 2 is 1.96 bits per heavy atom. The molecular weight excluding hydrogens is 288 g/mol. The van der Waals surface area contributed by atoms with Crippen LogP contribution in [0.15, 0.2) is 48.8 Å². The zero-order valence-corrected chi connectivity index (χ0v) is 13.4. The number of hydrogen-bond donors (Lipinski definition) is 1. The molecule has 2 heterocycles. The zero-order valence-electron chi connectivity index (χ0n) is 13.4. The Labute approximate surface area is 135 Å². The molecule has 1 amide bonds. The molecule has 0 saturated heterocycles. The molecule has 5 heteroatoms. The summed E-state index contributed by atoms with van der Waals surface area (Å²) in [5.74, 6) is 0.521. The van der Waals surface area contributed by atoms with Gasteiger partial charge in [-0.25, -0.2) is 9.67 Å². The molecule has 2 aromatic heterocycles. The van der Waals surface area contributed by atoms with Gasteiger partial charge in [-0.3, -0.25) is 4.79 Å². The number of carbonyl (C=O) groups excluding carboxylic acids is 1. The van der Waals surface area contributed by atoms with Gasteiger partial charge in [0.25, 0.3) is 5.91 Å². The minimum absolute atomic E-state index is 0.170. The van der Waals surface area contributed by atoms with Crippen molar-refractivity contribution in [2.75, 3.05) is 5.32 Å². The number of nitrogens with one attached hydrogen (secondary N) is 1. The third-order valence-electron chi connectivity index (χ3n) is 3.75. The lowest BCUT2D eigenvalue weighted by molar-refractivity contribution is 0.102. The van der Waals surface area contributed by atoms with E-state index in [0.29, 0.717) is 11.4 Å². The van der Waals surface area contributed by atoms with Crippen LogP contribution in [0.3, 0.4) is 0 Å². The number of hydrogen-bond acceptors (Lipinski definition) is 3. The summed E-state index contributed by atoms with van der Waals surface area (Å²) >= 11 is 0. The first-order chi connectivity index (χ1) is 11.1. The molecule has 0 radical (unpaired) electrons. The molecule has 0 unspecified atom stereocenters. The molecule has 0 spiro atoms. The average Bonchev–Trinajstić information content (AvgIpc) is 2.92. The van der Waals surface area contributed by atoms with Crippen molar-refractivity contribution in [3.8, 4) is 5.82 Å². The van der Waals surface area contributed by atoms with Crippen LogP contribution >= 0.6 is 0 Å². The molecule has 0 bridgehead atoms. The van der Waals surface area contributed by atoms with Crippen molar-refractivity contribution in [1.82, 2.24) is 14.8 Å². The number of nitrogens with zero attached hydrogens (tertiary/aromatic N) is 3. The molecule has 0 atom stereocenters. The number of amides is 1. The molecular formula is C18H18N4O. The van der Waals surface area contributed by atoms with Crippen molar-refractivity contribution in [3.63, 3.8) is 0 Å². The topological polar surface area (TPSA) is 59.8 Å². The third-order valence-corrected chi connectivity index (χ3v) is 3.75. The van der Waals surface area contributed by atoms with Crippen LogP contribution < -0.4 is 5.32 Å². The zero-order chi connectivity index (χ0) is 16.4. The van der Waals surface area contributed by atoms with E-state index < -0.39 is 0 Å². The van der Waals surface area contributed by atoms with Crippen LogP contribution in [0.1, 0.15) is 27.2 Å². The summed E-state index contributed by atoms with van der Waals surface area (Å²) in [5.41, 5.74) is 4.31. The number of pyridine rings is 1. The van der Waals surface area contributed by atoms with Gasteiger partial charge >= 0.3 is 0 Å². The van der Waals surface area contributed by atoms with E-state index in [2.05, 4.69) is 15.4 Å². The molecule has 5 nitrogen and oxygen atoms in total. The molecule has 3 aromatic rings. The fourth-order valence-corrected chi connectivity index (χ4v) is 2.49. The Morgan fingerprint density at radius 1 is 1.13 bits per heavy atom. The van der Waals surface area contributed by atoms with E-state index in [1.165, 1.54) is 5.56 Å². The summed E-state index contributed by atoms with van der Waals surface area (Å²) in [6, 6.07) is 11.5. The predicted octanol–water partition coefficient (Wildman–Crippen LogP) is 3.44. The van der Waals surface area contributed by atoms with Gasteiger partial charge in [0.15, 0.2) is 5.82 Å². The number of rotatable bonds is 3. The van der Waals surface area contributed by atoms with Gasteiger partial charge in [0.2, 0.25) is 0 Å². The molecule has 0 aliphatic rings. The smallest absolute Gasteiger partial charge is 0.259 e. The summed E-state index contributed by atoms with van der Waals surface area (Å²) in [7, 11) is 0. The second kappa shape index (κ2) is 6.04. The summed E-state index contributed by atoms with van der Waals surface area (Å²) in [6.07, 6.45) is 3.27. The lowest BCUT2D eigenvalue weighted by atomic mass is 10.1. The van der Waals surface area contributed by atoms with Crippen molar-refractivity contribution >= 4 is 11.6 Å². The van der Waals surface area contributed by atoms with Crippen LogP contribution in [0, 0.1) is 20.8 Å². The normalized spacial score (nSPS) is 10.6. The molecule has 1 N–H and O–H groups in total. The van der Waals surface area contributed by atoms with E-state index in [0.717, 1.165) is 16.9 Å². The minimum Gasteiger partial charge on any atom is -0.322 e. The van der Waals surface area contributed by atoms with Gasteiger partial charge in [0.05, 0.1) is 17.5 Å². The van der Waals surface area contributed by atoms with E-state index in [4.69, 9.17) is 0 Å². The van der Waals surface area contributed by atoms with Gasteiger partial charge in [-0.1, -0.05) is 23.8 Å². The van der Waals surface area contributed by atoms with Crippen molar-refractivity contribution in [1.29, 1.82) is 0 Å². The molecule has 0 saturated carbocycles. The quantitative estimate of drug-likeness (QED) is 0.806. The Bertz CT molecular complexity index is 853. The maximum Gasteiger partial charge on any atom is 0.259 e. The maximum atomic E-state index is 12.5. The Kier molecular flexibility index (Phi) is 3.93. The van der Waals surface area contributed by atoms with E-state index >= 15 is 0 Å². The largest absolute Gasteiger partial charge is 0.322 e.